The molecule has 0 unspecified atom stereocenters. The number of benzene rings is 2. The summed E-state index contributed by atoms with van der Waals surface area (Å²) in [6.45, 7) is -0.501. The van der Waals surface area contributed by atoms with Gasteiger partial charge in [0.05, 0.1) is 15.1 Å². The van der Waals surface area contributed by atoms with E-state index in [4.69, 9.17) is 21.4 Å². The summed E-state index contributed by atoms with van der Waals surface area (Å²) in [4.78, 5) is 27.9. The van der Waals surface area contributed by atoms with Gasteiger partial charge in [0, 0.05) is 15.1 Å². The number of hydrogen-bond acceptors (Lipinski definition) is 5. The average molecular weight is 547 g/mol. The highest BCUT2D eigenvalue weighted by Crippen LogP contribution is 2.37. The maximum absolute atomic E-state index is 12.3. The zero-order chi connectivity index (χ0) is 20.3. The number of halogens is 3. The molecule has 1 heterocycles. The summed E-state index contributed by atoms with van der Waals surface area (Å²) in [6, 6.07) is 10.4. The number of amides is 1. The predicted octanol–water partition coefficient (Wildman–Crippen LogP) is 5.22. The van der Waals surface area contributed by atoms with E-state index in [1.165, 1.54) is 11.8 Å². The highest BCUT2D eigenvalue weighted by Gasteiger charge is 2.25. The Hall–Kier alpha value is -1.81. The van der Waals surface area contributed by atoms with Crippen molar-refractivity contribution in [2.75, 3.05) is 6.61 Å². The van der Waals surface area contributed by atoms with Crippen LogP contribution in [0.2, 0.25) is 5.02 Å². The number of ether oxygens (including phenoxy) is 1. The first-order chi connectivity index (χ1) is 13.3. The van der Waals surface area contributed by atoms with Gasteiger partial charge in [0.25, 0.3) is 5.91 Å². The van der Waals surface area contributed by atoms with Crippen molar-refractivity contribution in [1.82, 2.24) is 5.32 Å². The van der Waals surface area contributed by atoms with Crippen molar-refractivity contribution in [3.8, 4) is 5.75 Å². The maximum Gasteiger partial charge on any atom is 0.341 e. The molecular formula is C18H11Br2ClN2O4S. The van der Waals surface area contributed by atoms with E-state index in [1.807, 2.05) is 0 Å². The van der Waals surface area contributed by atoms with Gasteiger partial charge >= 0.3 is 5.97 Å². The number of rotatable bonds is 5. The normalized spacial score (nSPS) is 16.5. The second kappa shape index (κ2) is 9.13. The summed E-state index contributed by atoms with van der Waals surface area (Å²) in [5.74, 6) is -1.08. The Kier molecular flexibility index (Phi) is 6.82. The first kappa shape index (κ1) is 20.9. The molecule has 1 aliphatic heterocycles. The van der Waals surface area contributed by atoms with Gasteiger partial charge in [-0.15, -0.1) is 0 Å². The monoisotopic (exact) mass is 544 g/mol. The number of aliphatic imine (C=N–C) groups is 1. The maximum atomic E-state index is 12.3. The molecule has 0 aliphatic carbocycles. The Bertz CT molecular complexity index is 1010. The molecule has 1 fully saturated rings. The number of nitrogens with one attached hydrogen (secondary N) is 1. The van der Waals surface area contributed by atoms with Crippen molar-refractivity contribution in [3.63, 3.8) is 0 Å². The van der Waals surface area contributed by atoms with Crippen molar-refractivity contribution in [2.24, 2.45) is 4.99 Å². The molecule has 10 heteroatoms. The number of nitrogens with zero attached hydrogens (tertiary/aromatic N) is 1. The van der Waals surface area contributed by atoms with E-state index in [-0.39, 0.29) is 5.91 Å². The lowest BCUT2D eigenvalue weighted by Crippen LogP contribution is -2.19. The fraction of sp³-hybridized carbons (Fsp3) is 0.0556. The lowest BCUT2D eigenvalue weighted by molar-refractivity contribution is -0.139. The number of hydrogen-bond donors (Lipinski definition) is 2. The summed E-state index contributed by atoms with van der Waals surface area (Å²) >= 11 is 13.8. The second-order valence-corrected chi connectivity index (χ2v) is 8.68. The van der Waals surface area contributed by atoms with Gasteiger partial charge in [0.15, 0.2) is 11.8 Å². The van der Waals surface area contributed by atoms with Crippen molar-refractivity contribution >= 4 is 84.0 Å². The fourth-order valence-electron chi connectivity index (χ4n) is 2.23. The molecule has 0 bridgehead atoms. The Morgan fingerprint density at radius 1 is 1.29 bits per heavy atom. The standard InChI is InChI=1S/C18H11Br2ClN2O4S/c19-10-5-9(16(13(20)7-10)27-8-15(24)25)6-14-17(26)23-18(28-14)22-12-3-1-11(21)2-4-12/h1-7H,8H2,(H,24,25)(H,22,23,26)/b14-6-. The molecule has 0 atom stereocenters. The summed E-state index contributed by atoms with van der Waals surface area (Å²) in [5, 5.41) is 12.6. The first-order valence-electron chi connectivity index (χ1n) is 7.70. The van der Waals surface area contributed by atoms with E-state index in [0.29, 0.717) is 36.6 Å². The van der Waals surface area contributed by atoms with Crippen molar-refractivity contribution in [1.29, 1.82) is 0 Å². The van der Waals surface area contributed by atoms with Gasteiger partial charge in [-0.25, -0.2) is 9.79 Å². The highest BCUT2D eigenvalue weighted by atomic mass is 79.9. The van der Waals surface area contributed by atoms with Crippen LogP contribution in [0.15, 0.2) is 55.2 Å². The molecule has 2 N–H and O–H groups in total. The zero-order valence-corrected chi connectivity index (χ0v) is 18.7. The summed E-state index contributed by atoms with van der Waals surface area (Å²) in [7, 11) is 0. The molecule has 2 aromatic rings. The minimum Gasteiger partial charge on any atom is -0.480 e. The fourth-order valence-corrected chi connectivity index (χ4v) is 4.56. The Balaban J connectivity index is 1.90. The molecule has 0 saturated carbocycles. The molecule has 1 saturated heterocycles. The van der Waals surface area contributed by atoms with Crippen LogP contribution < -0.4 is 10.1 Å². The molecule has 144 valence electrons. The quantitative estimate of drug-likeness (QED) is 0.502. The minimum atomic E-state index is -1.10. The van der Waals surface area contributed by atoms with E-state index >= 15 is 0 Å². The Morgan fingerprint density at radius 2 is 2.00 bits per heavy atom. The highest BCUT2D eigenvalue weighted by molar-refractivity contribution is 9.11. The van der Waals surface area contributed by atoms with Gasteiger partial charge in [0.1, 0.15) is 5.75 Å². The van der Waals surface area contributed by atoms with E-state index in [9.17, 15) is 9.59 Å². The number of aliphatic carboxylic acids is 1. The van der Waals surface area contributed by atoms with Crippen LogP contribution in [-0.2, 0) is 9.59 Å². The number of thioether (sulfide) groups is 1. The smallest absolute Gasteiger partial charge is 0.341 e. The van der Waals surface area contributed by atoms with Crippen LogP contribution in [0, 0.1) is 0 Å². The minimum absolute atomic E-state index is 0.307. The van der Waals surface area contributed by atoms with E-state index in [0.717, 1.165) is 4.47 Å². The third kappa shape index (κ3) is 5.38. The van der Waals surface area contributed by atoms with Crippen LogP contribution in [0.1, 0.15) is 5.56 Å². The van der Waals surface area contributed by atoms with Crippen LogP contribution in [0.25, 0.3) is 6.08 Å². The third-order valence-corrected chi connectivity index (χ3v) is 5.58. The number of carbonyl (C=O) groups is 2. The SMILES string of the molecule is O=C(O)COc1c(Br)cc(Br)cc1/C=C1\SC(=Nc2ccc(Cl)cc2)NC1=O. The predicted molar refractivity (Wildman–Crippen MR) is 117 cm³/mol. The van der Waals surface area contributed by atoms with Crippen LogP contribution in [0.4, 0.5) is 5.69 Å². The molecule has 0 aromatic heterocycles. The topological polar surface area (TPSA) is 88.0 Å². The van der Waals surface area contributed by atoms with Gasteiger partial charge in [-0.2, -0.15) is 0 Å². The van der Waals surface area contributed by atoms with Crippen molar-refractivity contribution < 1.29 is 19.4 Å². The van der Waals surface area contributed by atoms with Gasteiger partial charge < -0.3 is 15.2 Å². The lowest BCUT2D eigenvalue weighted by atomic mass is 10.2. The van der Waals surface area contributed by atoms with Crippen LogP contribution in [0.5, 0.6) is 5.75 Å². The molecular weight excluding hydrogens is 536 g/mol. The molecule has 6 nitrogen and oxygen atoms in total. The third-order valence-electron chi connectivity index (χ3n) is 3.37. The van der Waals surface area contributed by atoms with E-state index in [1.54, 1.807) is 42.5 Å². The van der Waals surface area contributed by atoms with Crippen LogP contribution in [-0.4, -0.2) is 28.8 Å². The molecule has 0 spiro atoms. The summed E-state index contributed by atoms with van der Waals surface area (Å²) in [5.41, 5.74) is 1.21. The average Bonchev–Trinajstić information content (AvgIpc) is 2.95. The lowest BCUT2D eigenvalue weighted by Gasteiger charge is -2.10. The van der Waals surface area contributed by atoms with Gasteiger partial charge in [-0.3, -0.25) is 4.79 Å². The molecule has 1 amide bonds. The number of carboxylic acid groups (broad SMARTS) is 1. The molecule has 0 radical (unpaired) electrons. The number of carboxylic acids is 1. The summed E-state index contributed by atoms with van der Waals surface area (Å²) in [6.07, 6.45) is 1.62. The van der Waals surface area contributed by atoms with Crippen LogP contribution in [0.3, 0.4) is 0 Å². The second-order valence-electron chi connectivity index (χ2n) is 5.45. The van der Waals surface area contributed by atoms with Crippen molar-refractivity contribution in [2.45, 2.75) is 0 Å². The number of amidine groups is 1. The zero-order valence-electron chi connectivity index (χ0n) is 13.9. The van der Waals surface area contributed by atoms with E-state index < -0.39 is 12.6 Å². The Morgan fingerprint density at radius 3 is 2.68 bits per heavy atom. The molecule has 1 aliphatic rings. The van der Waals surface area contributed by atoms with Crippen molar-refractivity contribution in [3.05, 3.63) is 60.8 Å². The van der Waals surface area contributed by atoms with Gasteiger partial charge in [-0.05, 0) is 70.2 Å². The number of carbonyl (C=O) groups excluding carboxylic acids is 1. The molecule has 3 rings (SSSR count). The largest absolute Gasteiger partial charge is 0.480 e. The summed E-state index contributed by atoms with van der Waals surface area (Å²) < 4.78 is 6.67. The van der Waals surface area contributed by atoms with Gasteiger partial charge in [-0.1, -0.05) is 27.5 Å². The van der Waals surface area contributed by atoms with Crippen LogP contribution >= 0.6 is 55.2 Å². The first-order valence-corrected chi connectivity index (χ1v) is 10.5. The van der Waals surface area contributed by atoms with E-state index in [2.05, 4.69) is 42.2 Å². The Labute approximate surface area is 186 Å². The molecule has 28 heavy (non-hydrogen) atoms. The molecule has 2 aromatic carbocycles. The van der Waals surface area contributed by atoms with Gasteiger partial charge in [0.2, 0.25) is 0 Å².